The molecule has 0 saturated heterocycles. The normalized spacial score (nSPS) is 12.0. The first-order valence-electron chi connectivity index (χ1n) is 5.80. The fourth-order valence-electron chi connectivity index (χ4n) is 1.35. The second-order valence-corrected chi connectivity index (χ2v) is 4.47. The fourth-order valence-corrected chi connectivity index (χ4v) is 1.55. The van der Waals surface area contributed by atoms with E-state index in [0.717, 1.165) is 0 Å². The lowest BCUT2D eigenvalue weighted by Gasteiger charge is -2.23. The molecule has 1 N–H and O–H groups in total. The Balaban J connectivity index is 2.38. The molecule has 100 valence electrons. The molecule has 0 spiro atoms. The molecule has 0 aromatic heterocycles. The molecule has 0 fully saturated rings. The van der Waals surface area contributed by atoms with Gasteiger partial charge >= 0.3 is 0 Å². The van der Waals surface area contributed by atoms with E-state index < -0.39 is 0 Å². The van der Waals surface area contributed by atoms with E-state index in [2.05, 4.69) is 0 Å². The summed E-state index contributed by atoms with van der Waals surface area (Å²) < 4.78 is 5.43. The highest BCUT2D eigenvalue weighted by atomic mass is 35.5. The largest absolute Gasteiger partial charge is 0.491 e. The quantitative estimate of drug-likeness (QED) is 0.860. The van der Waals surface area contributed by atoms with Crippen molar-refractivity contribution in [3.63, 3.8) is 0 Å². The lowest BCUT2D eigenvalue weighted by Crippen LogP contribution is -2.37. The summed E-state index contributed by atoms with van der Waals surface area (Å²) in [5.74, 6) is 0.508. The smallest absolute Gasteiger partial charge is 0.226 e. The van der Waals surface area contributed by atoms with E-state index in [0.29, 0.717) is 10.8 Å². The van der Waals surface area contributed by atoms with Crippen LogP contribution < -0.4 is 4.74 Å². The fraction of sp³-hybridized carbons (Fsp3) is 0.462. The van der Waals surface area contributed by atoms with Crippen molar-refractivity contribution in [2.75, 3.05) is 20.3 Å². The summed E-state index contributed by atoms with van der Waals surface area (Å²) in [6.45, 7) is 2.01. The number of hydrogen-bond acceptors (Lipinski definition) is 3. The number of nitrogens with zero attached hydrogens (tertiary/aromatic N) is 1. The number of halogens is 1. The van der Waals surface area contributed by atoms with Gasteiger partial charge in [0.25, 0.3) is 0 Å². The summed E-state index contributed by atoms with van der Waals surface area (Å²) in [6.07, 6.45) is 0.256. The average molecular weight is 272 g/mol. The van der Waals surface area contributed by atoms with Crippen molar-refractivity contribution in [2.45, 2.75) is 19.4 Å². The van der Waals surface area contributed by atoms with Gasteiger partial charge in [-0.15, -0.1) is 0 Å². The number of carbonyl (C=O) groups is 1. The Morgan fingerprint density at radius 2 is 2.17 bits per heavy atom. The molecule has 4 nitrogen and oxygen atoms in total. The van der Waals surface area contributed by atoms with Crippen molar-refractivity contribution in [2.24, 2.45) is 0 Å². The number of likely N-dealkylation sites (N-methyl/N-ethyl adjacent to an activating group) is 1. The van der Waals surface area contributed by atoms with Crippen LogP contribution >= 0.6 is 11.6 Å². The van der Waals surface area contributed by atoms with Crippen molar-refractivity contribution in [3.05, 3.63) is 29.3 Å². The van der Waals surface area contributed by atoms with Gasteiger partial charge in [0.2, 0.25) is 5.91 Å². The van der Waals surface area contributed by atoms with Crippen LogP contribution in [0.15, 0.2) is 24.3 Å². The number of amides is 1. The highest BCUT2D eigenvalue weighted by Gasteiger charge is 2.14. The molecular weight excluding hydrogens is 254 g/mol. The first-order valence-corrected chi connectivity index (χ1v) is 6.18. The molecule has 1 unspecified atom stereocenters. The third-order valence-electron chi connectivity index (χ3n) is 2.73. The monoisotopic (exact) mass is 271 g/mol. The predicted octanol–water partition coefficient (Wildman–Crippen LogP) is 1.95. The maximum absolute atomic E-state index is 11.7. The molecule has 1 aromatic rings. The number of aliphatic hydroxyl groups is 1. The molecule has 1 rings (SSSR count). The SMILES string of the molecule is CC(CO)N(C)C(=O)CCOc1ccccc1Cl. The Morgan fingerprint density at radius 1 is 1.50 bits per heavy atom. The summed E-state index contributed by atoms with van der Waals surface area (Å²) in [5.41, 5.74) is 0. The number of ether oxygens (including phenoxy) is 1. The van der Waals surface area contributed by atoms with Crippen LogP contribution in [0.5, 0.6) is 5.75 Å². The molecule has 18 heavy (non-hydrogen) atoms. The standard InChI is InChI=1S/C13H18ClNO3/c1-10(9-16)15(2)13(17)7-8-18-12-6-4-3-5-11(12)14/h3-6,10,16H,7-9H2,1-2H3. The van der Waals surface area contributed by atoms with Gasteiger partial charge in [0.05, 0.1) is 30.7 Å². The highest BCUT2D eigenvalue weighted by Crippen LogP contribution is 2.23. The van der Waals surface area contributed by atoms with E-state index in [1.165, 1.54) is 4.90 Å². The van der Waals surface area contributed by atoms with E-state index in [1.54, 1.807) is 26.1 Å². The zero-order valence-corrected chi connectivity index (χ0v) is 11.4. The Hall–Kier alpha value is -1.26. The minimum atomic E-state index is -0.183. The van der Waals surface area contributed by atoms with Crippen LogP contribution in [0.3, 0.4) is 0 Å². The minimum Gasteiger partial charge on any atom is -0.491 e. The molecule has 0 saturated carbocycles. The molecule has 0 aliphatic rings. The van der Waals surface area contributed by atoms with Crippen molar-refractivity contribution >= 4 is 17.5 Å². The van der Waals surface area contributed by atoms with Crippen LogP contribution in [-0.4, -0.2) is 42.2 Å². The van der Waals surface area contributed by atoms with Crippen LogP contribution in [-0.2, 0) is 4.79 Å². The molecule has 0 bridgehead atoms. The van der Waals surface area contributed by atoms with E-state index in [9.17, 15) is 4.79 Å². The molecule has 1 amide bonds. The van der Waals surface area contributed by atoms with E-state index in [-0.39, 0.29) is 31.6 Å². The van der Waals surface area contributed by atoms with Gasteiger partial charge in [0, 0.05) is 7.05 Å². The molecule has 0 heterocycles. The first-order chi connectivity index (χ1) is 8.56. The van der Waals surface area contributed by atoms with Crippen LogP contribution in [0, 0.1) is 0 Å². The van der Waals surface area contributed by atoms with Gasteiger partial charge in [0.1, 0.15) is 5.75 Å². The van der Waals surface area contributed by atoms with Gasteiger partial charge in [-0.05, 0) is 19.1 Å². The summed E-state index contributed by atoms with van der Waals surface area (Å²) in [7, 11) is 1.67. The van der Waals surface area contributed by atoms with Crippen LogP contribution in [0.25, 0.3) is 0 Å². The van der Waals surface area contributed by atoms with Crippen molar-refractivity contribution in [1.29, 1.82) is 0 Å². The number of hydrogen-bond donors (Lipinski definition) is 1. The molecular formula is C13H18ClNO3. The van der Waals surface area contributed by atoms with Gasteiger partial charge in [-0.1, -0.05) is 23.7 Å². The number of aliphatic hydroxyl groups excluding tert-OH is 1. The van der Waals surface area contributed by atoms with E-state index in [1.807, 2.05) is 12.1 Å². The van der Waals surface area contributed by atoms with Gasteiger partial charge < -0.3 is 14.7 Å². The zero-order chi connectivity index (χ0) is 13.5. The molecule has 0 aliphatic heterocycles. The van der Waals surface area contributed by atoms with Gasteiger partial charge in [-0.3, -0.25) is 4.79 Å². The number of para-hydroxylation sites is 1. The van der Waals surface area contributed by atoms with Gasteiger partial charge in [-0.2, -0.15) is 0 Å². The molecule has 1 atom stereocenters. The van der Waals surface area contributed by atoms with Crippen LogP contribution in [0.2, 0.25) is 5.02 Å². The average Bonchev–Trinajstić information content (AvgIpc) is 2.39. The maximum atomic E-state index is 11.7. The lowest BCUT2D eigenvalue weighted by molar-refractivity contribution is -0.132. The topological polar surface area (TPSA) is 49.8 Å². The maximum Gasteiger partial charge on any atom is 0.226 e. The number of rotatable bonds is 6. The Bertz CT molecular complexity index is 398. The van der Waals surface area contributed by atoms with Gasteiger partial charge in [-0.25, -0.2) is 0 Å². The minimum absolute atomic E-state index is 0.0480. The zero-order valence-electron chi connectivity index (χ0n) is 10.6. The molecule has 1 aromatic carbocycles. The molecule has 5 heteroatoms. The van der Waals surface area contributed by atoms with Crippen molar-refractivity contribution in [1.82, 2.24) is 4.90 Å². The van der Waals surface area contributed by atoms with E-state index in [4.69, 9.17) is 21.4 Å². The Morgan fingerprint density at radius 3 is 2.78 bits per heavy atom. The summed E-state index contributed by atoms with van der Waals surface area (Å²) >= 11 is 5.92. The lowest BCUT2D eigenvalue weighted by atomic mass is 10.3. The third-order valence-corrected chi connectivity index (χ3v) is 3.04. The van der Waals surface area contributed by atoms with Crippen LogP contribution in [0.1, 0.15) is 13.3 Å². The summed E-state index contributed by atoms with van der Waals surface area (Å²) in [5, 5.41) is 9.48. The van der Waals surface area contributed by atoms with Gasteiger partial charge in [0.15, 0.2) is 0 Å². The summed E-state index contributed by atoms with van der Waals surface area (Å²) in [6, 6.07) is 6.95. The highest BCUT2D eigenvalue weighted by molar-refractivity contribution is 6.32. The van der Waals surface area contributed by atoms with Crippen molar-refractivity contribution in [3.8, 4) is 5.75 Å². The molecule has 0 aliphatic carbocycles. The van der Waals surface area contributed by atoms with Crippen LogP contribution in [0.4, 0.5) is 0 Å². The number of benzene rings is 1. The number of carbonyl (C=O) groups excluding carboxylic acids is 1. The predicted molar refractivity (Wildman–Crippen MR) is 70.9 cm³/mol. The summed E-state index contributed by atoms with van der Waals surface area (Å²) in [4.78, 5) is 13.2. The Kier molecular flexibility index (Phi) is 5.95. The molecule has 0 radical (unpaired) electrons. The first kappa shape index (κ1) is 14.8. The van der Waals surface area contributed by atoms with Crippen molar-refractivity contribution < 1.29 is 14.6 Å². The third kappa shape index (κ3) is 4.20. The second-order valence-electron chi connectivity index (χ2n) is 4.07. The van der Waals surface area contributed by atoms with E-state index >= 15 is 0 Å². The Labute approximate surface area is 112 Å². The second kappa shape index (κ2) is 7.24.